The molecule has 4 aromatic rings. The summed E-state index contributed by atoms with van der Waals surface area (Å²) in [5.41, 5.74) is 6.90. The minimum atomic E-state index is -0.973. The summed E-state index contributed by atoms with van der Waals surface area (Å²) in [7, 11) is 0. The van der Waals surface area contributed by atoms with Gasteiger partial charge in [0.05, 0.1) is 17.0 Å². The van der Waals surface area contributed by atoms with E-state index in [-0.39, 0.29) is 17.8 Å². The second kappa shape index (κ2) is 8.84. The fraction of sp³-hybridized carbons (Fsp3) is 0.0800. The Labute approximate surface area is 200 Å². The molecule has 0 bridgehead atoms. The molecule has 0 saturated heterocycles. The number of fused-ring (bicyclic) bond motifs is 1. The lowest BCUT2D eigenvalue weighted by molar-refractivity contribution is -0.116. The zero-order valence-corrected chi connectivity index (χ0v) is 18.4. The number of hydrazine groups is 1. The maximum Gasteiger partial charge on any atom is 0.317 e. The molecule has 1 amide bonds. The summed E-state index contributed by atoms with van der Waals surface area (Å²) in [6.45, 7) is 0.760. The molecule has 0 spiro atoms. The molecule has 10 heteroatoms. The van der Waals surface area contributed by atoms with Crippen molar-refractivity contribution in [1.82, 2.24) is 20.6 Å². The highest BCUT2D eigenvalue weighted by molar-refractivity contribution is 6.19. The summed E-state index contributed by atoms with van der Waals surface area (Å²) in [5.74, 6) is 0.694. The number of rotatable bonds is 5. The van der Waals surface area contributed by atoms with Crippen LogP contribution in [0.1, 0.15) is 11.1 Å². The highest BCUT2D eigenvalue weighted by Gasteiger charge is 2.27. The average Bonchev–Trinajstić information content (AvgIpc) is 3.58. The molecule has 10 nitrogen and oxygen atoms in total. The minimum absolute atomic E-state index is 0.0792. The summed E-state index contributed by atoms with van der Waals surface area (Å²) in [5, 5.41) is 15.9. The quantitative estimate of drug-likeness (QED) is 0.412. The number of carbonyl (C=O) groups is 1. The van der Waals surface area contributed by atoms with E-state index in [1.54, 1.807) is 6.20 Å². The molecule has 2 aromatic carbocycles. The van der Waals surface area contributed by atoms with Crippen molar-refractivity contribution in [1.29, 1.82) is 0 Å². The van der Waals surface area contributed by atoms with Crippen LogP contribution in [-0.2, 0) is 4.79 Å². The van der Waals surface area contributed by atoms with E-state index < -0.39 is 6.17 Å². The van der Waals surface area contributed by atoms with Crippen molar-refractivity contribution in [3.05, 3.63) is 96.3 Å². The molecule has 0 saturated carbocycles. The third kappa shape index (κ3) is 4.13. The first-order valence-corrected chi connectivity index (χ1v) is 11.0. The number of benzene rings is 2. The van der Waals surface area contributed by atoms with Crippen LogP contribution in [0, 0.1) is 0 Å². The molecule has 0 radical (unpaired) electrons. The monoisotopic (exact) mass is 464 g/mol. The number of nitrogens with one attached hydrogen (secondary N) is 3. The summed E-state index contributed by atoms with van der Waals surface area (Å²) in [6.07, 6.45) is 4.59. The third-order valence-corrected chi connectivity index (χ3v) is 5.55. The Hall–Kier alpha value is -4.83. The number of aliphatic imine (C=N–C) groups is 1. The molecule has 0 aliphatic carbocycles. The summed E-state index contributed by atoms with van der Waals surface area (Å²) >= 11 is 0. The van der Waals surface area contributed by atoms with Crippen molar-refractivity contribution in [2.45, 2.75) is 6.17 Å². The van der Waals surface area contributed by atoms with Gasteiger partial charge in [0.1, 0.15) is 5.82 Å². The van der Waals surface area contributed by atoms with Crippen LogP contribution in [-0.4, -0.2) is 39.5 Å². The largest absolute Gasteiger partial charge is 0.403 e. The van der Waals surface area contributed by atoms with Crippen LogP contribution >= 0.6 is 0 Å². The van der Waals surface area contributed by atoms with E-state index in [9.17, 15) is 4.79 Å². The zero-order valence-electron chi connectivity index (χ0n) is 18.4. The Morgan fingerprint density at radius 3 is 2.63 bits per heavy atom. The molecule has 172 valence electrons. The number of nitrogens with zero attached hydrogens (tertiary/aromatic N) is 5. The van der Waals surface area contributed by atoms with Gasteiger partial charge >= 0.3 is 6.01 Å². The molecular weight excluding hydrogens is 444 g/mol. The van der Waals surface area contributed by atoms with Crippen molar-refractivity contribution in [3.8, 4) is 11.5 Å². The van der Waals surface area contributed by atoms with Crippen molar-refractivity contribution >= 4 is 29.1 Å². The first-order chi connectivity index (χ1) is 17.2. The van der Waals surface area contributed by atoms with Gasteiger partial charge < -0.3 is 15.1 Å². The van der Waals surface area contributed by atoms with Crippen LogP contribution in [0.3, 0.4) is 0 Å². The number of aromatic nitrogens is 3. The fourth-order valence-corrected chi connectivity index (χ4v) is 3.87. The lowest BCUT2D eigenvalue weighted by atomic mass is 10.0. The number of pyridine rings is 1. The SMILES string of the molecule is O=C1Nc2ccccc2C(c2ccccc2)=NC1Nc1nnc(-c2ccc(N3C=CCN3)nc2)o1. The van der Waals surface area contributed by atoms with E-state index in [1.165, 1.54) is 0 Å². The van der Waals surface area contributed by atoms with Gasteiger partial charge in [0.15, 0.2) is 0 Å². The van der Waals surface area contributed by atoms with Crippen LogP contribution < -0.4 is 21.1 Å². The first-order valence-electron chi connectivity index (χ1n) is 11.0. The maximum absolute atomic E-state index is 13.0. The van der Waals surface area contributed by atoms with Crippen molar-refractivity contribution in [3.63, 3.8) is 0 Å². The van der Waals surface area contributed by atoms with Gasteiger partial charge in [-0.15, -0.1) is 5.10 Å². The average molecular weight is 464 g/mol. The zero-order chi connectivity index (χ0) is 23.6. The van der Waals surface area contributed by atoms with Gasteiger partial charge in [-0.25, -0.2) is 15.4 Å². The molecule has 3 N–H and O–H groups in total. The molecule has 6 rings (SSSR count). The number of anilines is 3. The number of para-hydroxylation sites is 1. The highest BCUT2D eigenvalue weighted by Crippen LogP contribution is 2.26. The van der Waals surface area contributed by atoms with Crippen LogP contribution in [0.4, 0.5) is 17.5 Å². The predicted molar refractivity (Wildman–Crippen MR) is 132 cm³/mol. The van der Waals surface area contributed by atoms with Gasteiger partial charge in [0.2, 0.25) is 6.17 Å². The Kier molecular flexibility index (Phi) is 5.24. The molecule has 35 heavy (non-hydrogen) atoms. The summed E-state index contributed by atoms with van der Waals surface area (Å²) in [4.78, 5) is 22.2. The minimum Gasteiger partial charge on any atom is -0.403 e. The smallest absolute Gasteiger partial charge is 0.317 e. The van der Waals surface area contributed by atoms with Crippen LogP contribution in [0.5, 0.6) is 0 Å². The predicted octanol–water partition coefficient (Wildman–Crippen LogP) is 3.20. The van der Waals surface area contributed by atoms with Gasteiger partial charge in [-0.05, 0) is 18.2 Å². The molecule has 1 unspecified atom stereocenters. The van der Waals surface area contributed by atoms with Crippen molar-refractivity contribution < 1.29 is 9.21 Å². The number of hydrogen-bond acceptors (Lipinski definition) is 9. The van der Waals surface area contributed by atoms with E-state index in [4.69, 9.17) is 9.41 Å². The van der Waals surface area contributed by atoms with E-state index in [2.05, 4.69) is 31.2 Å². The van der Waals surface area contributed by atoms with Gasteiger partial charge in [-0.2, -0.15) is 0 Å². The molecule has 1 atom stereocenters. The Bertz CT molecular complexity index is 1430. The third-order valence-electron chi connectivity index (χ3n) is 5.55. The number of hydrogen-bond donors (Lipinski definition) is 3. The highest BCUT2D eigenvalue weighted by atomic mass is 16.4. The second-order valence-electron chi connectivity index (χ2n) is 7.86. The van der Waals surface area contributed by atoms with E-state index in [1.807, 2.05) is 84.0 Å². The Morgan fingerprint density at radius 2 is 1.83 bits per heavy atom. The molecular formula is C25H20N8O2. The standard InChI is InChI=1S/C25H20N8O2/c34-23-22(29-21(16-7-2-1-3-8-16)18-9-4-5-10-19(18)28-23)30-25-32-31-24(35-25)17-11-12-20(26-15-17)33-14-6-13-27-33/h1-12,14-15,22,27H,13H2,(H,28,34)(H,30,32). The van der Waals surface area contributed by atoms with Gasteiger partial charge in [-0.1, -0.05) is 59.7 Å². The second-order valence-corrected chi connectivity index (χ2v) is 7.86. The topological polar surface area (TPSA) is 121 Å². The summed E-state index contributed by atoms with van der Waals surface area (Å²) in [6, 6.07) is 21.0. The van der Waals surface area contributed by atoms with E-state index in [0.29, 0.717) is 17.0 Å². The van der Waals surface area contributed by atoms with E-state index in [0.717, 1.165) is 23.5 Å². The molecule has 0 fully saturated rings. The van der Waals surface area contributed by atoms with Crippen LogP contribution in [0.15, 0.2) is 94.6 Å². The first kappa shape index (κ1) is 20.8. The fourth-order valence-electron chi connectivity index (χ4n) is 3.87. The summed E-state index contributed by atoms with van der Waals surface area (Å²) < 4.78 is 5.78. The molecule has 2 aliphatic rings. The number of carbonyl (C=O) groups excluding carboxylic acids is 1. The Morgan fingerprint density at radius 1 is 0.971 bits per heavy atom. The lowest BCUT2D eigenvalue weighted by Crippen LogP contribution is -2.32. The number of amides is 1. The molecule has 4 heterocycles. The molecule has 2 aromatic heterocycles. The normalized spacial score (nSPS) is 16.9. The molecule has 2 aliphatic heterocycles. The van der Waals surface area contributed by atoms with E-state index >= 15 is 0 Å². The van der Waals surface area contributed by atoms with Crippen LogP contribution in [0.2, 0.25) is 0 Å². The van der Waals surface area contributed by atoms with Gasteiger partial charge in [-0.3, -0.25) is 9.80 Å². The lowest BCUT2D eigenvalue weighted by Gasteiger charge is -2.14. The van der Waals surface area contributed by atoms with Gasteiger partial charge in [0.25, 0.3) is 11.8 Å². The van der Waals surface area contributed by atoms with Crippen LogP contribution in [0.25, 0.3) is 11.5 Å². The van der Waals surface area contributed by atoms with Crippen molar-refractivity contribution in [2.75, 3.05) is 22.2 Å². The maximum atomic E-state index is 13.0. The number of benzodiazepines with no additional fused rings is 1. The van der Waals surface area contributed by atoms with Crippen molar-refractivity contribution in [2.24, 2.45) is 4.99 Å². The van der Waals surface area contributed by atoms with Gasteiger partial charge in [0, 0.05) is 30.1 Å². The Balaban J connectivity index is 1.27.